The summed E-state index contributed by atoms with van der Waals surface area (Å²) in [6.45, 7) is 7.31. The van der Waals surface area contributed by atoms with Crippen LogP contribution in [0.15, 0.2) is 24.3 Å². The van der Waals surface area contributed by atoms with Crippen LogP contribution in [0.4, 0.5) is 0 Å². The van der Waals surface area contributed by atoms with E-state index >= 15 is 0 Å². The molecule has 1 aliphatic heterocycles. The van der Waals surface area contributed by atoms with E-state index in [1.54, 1.807) is 0 Å². The average molecular weight is 314 g/mol. The summed E-state index contributed by atoms with van der Waals surface area (Å²) in [5.74, 6) is 0.589. The van der Waals surface area contributed by atoms with Crippen molar-refractivity contribution in [1.82, 2.24) is 9.88 Å². The molecule has 1 saturated heterocycles. The number of aliphatic hydroxyl groups is 1. The summed E-state index contributed by atoms with van der Waals surface area (Å²) in [6, 6.07) is 8.05. The Morgan fingerprint density at radius 1 is 1.35 bits per heavy atom. The number of aromatic amines is 1. The Hall–Kier alpha value is -1.81. The van der Waals surface area contributed by atoms with Crippen molar-refractivity contribution < 1.29 is 9.90 Å². The second-order valence-electron chi connectivity index (χ2n) is 7.47. The van der Waals surface area contributed by atoms with Crippen LogP contribution >= 0.6 is 0 Å². The largest absolute Gasteiger partial charge is 0.390 e. The van der Waals surface area contributed by atoms with Gasteiger partial charge in [0.25, 0.3) is 5.91 Å². The van der Waals surface area contributed by atoms with E-state index in [9.17, 15) is 9.90 Å². The fourth-order valence-electron chi connectivity index (χ4n) is 3.64. The number of hydrogen-bond acceptors (Lipinski definition) is 2. The number of amides is 1. The van der Waals surface area contributed by atoms with Gasteiger partial charge < -0.3 is 15.0 Å². The first-order valence-corrected chi connectivity index (χ1v) is 8.43. The molecule has 1 aromatic carbocycles. The number of nitrogens with one attached hydrogen (secondary N) is 1. The molecule has 23 heavy (non-hydrogen) atoms. The maximum atomic E-state index is 12.7. The molecule has 4 heteroatoms. The number of carbonyl (C=O) groups is 1. The van der Waals surface area contributed by atoms with Crippen molar-refractivity contribution in [2.24, 2.45) is 5.92 Å². The minimum Gasteiger partial charge on any atom is -0.390 e. The van der Waals surface area contributed by atoms with Crippen molar-refractivity contribution in [2.75, 3.05) is 13.1 Å². The quantitative estimate of drug-likeness (QED) is 0.911. The molecule has 1 aromatic heterocycles. The van der Waals surface area contributed by atoms with Gasteiger partial charge >= 0.3 is 0 Å². The summed E-state index contributed by atoms with van der Waals surface area (Å²) in [6.07, 6.45) is 2.74. The number of benzene rings is 1. The Labute approximate surface area is 137 Å². The molecule has 1 amide bonds. The van der Waals surface area contributed by atoms with Gasteiger partial charge in [0.2, 0.25) is 0 Å². The van der Waals surface area contributed by atoms with Gasteiger partial charge in [-0.2, -0.15) is 0 Å². The zero-order valence-corrected chi connectivity index (χ0v) is 14.2. The Kier molecular flexibility index (Phi) is 4.19. The molecule has 2 heterocycles. The highest BCUT2D eigenvalue weighted by atomic mass is 16.3. The van der Waals surface area contributed by atoms with Crippen LogP contribution in [0.25, 0.3) is 10.9 Å². The van der Waals surface area contributed by atoms with E-state index in [4.69, 9.17) is 0 Å². The van der Waals surface area contributed by atoms with Crippen molar-refractivity contribution in [3.8, 4) is 0 Å². The zero-order valence-electron chi connectivity index (χ0n) is 14.2. The van der Waals surface area contributed by atoms with Crippen LogP contribution < -0.4 is 0 Å². The topological polar surface area (TPSA) is 56.3 Å². The molecular weight excluding hydrogens is 288 g/mol. The van der Waals surface area contributed by atoms with Gasteiger partial charge in [0.1, 0.15) is 5.69 Å². The normalized spacial score (nSPS) is 17.0. The molecule has 0 saturated carbocycles. The summed E-state index contributed by atoms with van der Waals surface area (Å²) in [7, 11) is 0. The molecule has 2 aromatic rings. The molecule has 124 valence electrons. The monoisotopic (exact) mass is 314 g/mol. The van der Waals surface area contributed by atoms with Gasteiger partial charge in [-0.25, -0.2) is 0 Å². The summed E-state index contributed by atoms with van der Waals surface area (Å²) in [5, 5.41) is 11.0. The highest BCUT2D eigenvalue weighted by Crippen LogP contribution is 2.27. The Morgan fingerprint density at radius 3 is 2.65 bits per heavy atom. The minimum absolute atomic E-state index is 0.0855. The molecular formula is C19H26N2O2. The van der Waals surface area contributed by atoms with Gasteiger partial charge in [0, 0.05) is 24.0 Å². The summed E-state index contributed by atoms with van der Waals surface area (Å²) in [4.78, 5) is 17.9. The molecule has 2 N–H and O–H groups in total. The average Bonchev–Trinajstić information content (AvgIpc) is 2.91. The lowest BCUT2D eigenvalue weighted by atomic mass is 9.86. The van der Waals surface area contributed by atoms with Crippen molar-refractivity contribution >= 4 is 16.8 Å². The van der Waals surface area contributed by atoms with Crippen LogP contribution in [0, 0.1) is 12.8 Å². The molecule has 3 rings (SSSR count). The fraction of sp³-hybridized carbons (Fsp3) is 0.526. The Morgan fingerprint density at radius 2 is 2.04 bits per heavy atom. The van der Waals surface area contributed by atoms with Gasteiger partial charge in [0.15, 0.2) is 0 Å². The molecule has 0 unspecified atom stereocenters. The maximum Gasteiger partial charge on any atom is 0.270 e. The lowest BCUT2D eigenvalue weighted by molar-refractivity contribution is 0.0357. The van der Waals surface area contributed by atoms with Crippen LogP contribution in [-0.2, 0) is 0 Å². The molecule has 0 aliphatic carbocycles. The second-order valence-corrected chi connectivity index (χ2v) is 7.47. The number of nitrogens with zero attached hydrogens (tertiary/aromatic N) is 1. The smallest absolute Gasteiger partial charge is 0.270 e. The third-order valence-corrected chi connectivity index (χ3v) is 4.78. The maximum absolute atomic E-state index is 12.7. The van der Waals surface area contributed by atoms with Gasteiger partial charge in [-0.3, -0.25) is 4.79 Å². The molecule has 0 bridgehead atoms. The standard InChI is InChI=1S/C19H26N2O2/c1-13-5-4-6-15-11-16(20-17(13)15)18(22)21-9-7-14(8-10-21)12-19(2,3)23/h4-6,11,14,20,23H,7-10,12H2,1-3H3. The van der Waals surface area contributed by atoms with Crippen molar-refractivity contribution in [3.05, 3.63) is 35.5 Å². The number of carbonyl (C=O) groups excluding carboxylic acids is 1. The number of rotatable bonds is 3. The predicted molar refractivity (Wildman–Crippen MR) is 92.6 cm³/mol. The molecule has 0 atom stereocenters. The van der Waals surface area contributed by atoms with E-state index in [1.807, 2.05) is 36.9 Å². The van der Waals surface area contributed by atoms with E-state index in [-0.39, 0.29) is 5.91 Å². The lowest BCUT2D eigenvalue weighted by Crippen LogP contribution is -2.40. The number of piperidine rings is 1. The minimum atomic E-state index is -0.619. The first-order chi connectivity index (χ1) is 10.8. The van der Waals surface area contributed by atoms with E-state index in [0.29, 0.717) is 11.6 Å². The van der Waals surface area contributed by atoms with Crippen molar-refractivity contribution in [3.63, 3.8) is 0 Å². The van der Waals surface area contributed by atoms with Crippen LogP contribution in [0.5, 0.6) is 0 Å². The van der Waals surface area contributed by atoms with Crippen molar-refractivity contribution in [1.29, 1.82) is 0 Å². The summed E-state index contributed by atoms with van der Waals surface area (Å²) < 4.78 is 0. The highest BCUT2D eigenvalue weighted by molar-refractivity contribution is 5.98. The number of fused-ring (bicyclic) bond motifs is 1. The van der Waals surface area contributed by atoms with Crippen LogP contribution in [0.2, 0.25) is 0 Å². The summed E-state index contributed by atoms with van der Waals surface area (Å²) >= 11 is 0. The SMILES string of the molecule is Cc1cccc2cc(C(=O)N3CCC(CC(C)(C)O)CC3)[nH]c12. The predicted octanol–water partition coefficient (Wildman–Crippen LogP) is 3.49. The Balaban J connectivity index is 1.68. The summed E-state index contributed by atoms with van der Waals surface area (Å²) in [5.41, 5.74) is 2.26. The lowest BCUT2D eigenvalue weighted by Gasteiger charge is -2.34. The van der Waals surface area contributed by atoms with Gasteiger partial charge in [-0.1, -0.05) is 18.2 Å². The first kappa shape index (κ1) is 16.1. The first-order valence-electron chi connectivity index (χ1n) is 8.43. The zero-order chi connectivity index (χ0) is 16.6. The fourth-order valence-corrected chi connectivity index (χ4v) is 3.64. The van der Waals surface area contributed by atoms with E-state index in [0.717, 1.165) is 48.8 Å². The van der Waals surface area contributed by atoms with Gasteiger partial charge in [0.05, 0.1) is 5.60 Å². The van der Waals surface area contributed by atoms with E-state index in [1.165, 1.54) is 0 Å². The number of hydrogen-bond donors (Lipinski definition) is 2. The van der Waals surface area contributed by atoms with Crippen LogP contribution in [0.3, 0.4) is 0 Å². The van der Waals surface area contributed by atoms with Crippen LogP contribution in [0.1, 0.15) is 49.2 Å². The van der Waals surface area contributed by atoms with Gasteiger partial charge in [-0.15, -0.1) is 0 Å². The van der Waals surface area contributed by atoms with E-state index in [2.05, 4.69) is 18.0 Å². The van der Waals surface area contributed by atoms with Crippen molar-refractivity contribution in [2.45, 2.75) is 45.6 Å². The second kappa shape index (κ2) is 6.00. The van der Waals surface area contributed by atoms with Gasteiger partial charge in [-0.05, 0) is 57.6 Å². The third-order valence-electron chi connectivity index (χ3n) is 4.78. The molecule has 0 spiro atoms. The number of aromatic nitrogens is 1. The Bertz CT molecular complexity index is 704. The third kappa shape index (κ3) is 3.58. The number of likely N-dealkylation sites (tertiary alicyclic amines) is 1. The number of H-pyrrole nitrogens is 1. The van der Waals surface area contributed by atoms with Crippen LogP contribution in [-0.4, -0.2) is 39.6 Å². The molecule has 0 radical (unpaired) electrons. The number of para-hydroxylation sites is 1. The van der Waals surface area contributed by atoms with E-state index < -0.39 is 5.60 Å². The number of aryl methyl sites for hydroxylation is 1. The highest BCUT2D eigenvalue weighted by Gasteiger charge is 2.28. The molecule has 1 fully saturated rings. The molecule has 1 aliphatic rings. The molecule has 4 nitrogen and oxygen atoms in total.